The standard InChI is InChI=1S/C14H16N2O3/c1-2-14(17)12-7-8-15(10-12)9-11-3-5-13(6-4-11)16(18)19/h3-8,10,14,17H,2,9H2,1H3. The Balaban J connectivity index is 2.08. The summed E-state index contributed by atoms with van der Waals surface area (Å²) in [6.45, 7) is 2.56. The summed E-state index contributed by atoms with van der Waals surface area (Å²) in [7, 11) is 0. The average Bonchev–Trinajstić information content (AvgIpc) is 2.87. The van der Waals surface area contributed by atoms with E-state index in [9.17, 15) is 15.2 Å². The van der Waals surface area contributed by atoms with Crippen molar-refractivity contribution in [3.05, 3.63) is 64.0 Å². The van der Waals surface area contributed by atoms with Crippen LogP contribution in [0.1, 0.15) is 30.6 Å². The molecule has 0 radical (unpaired) electrons. The van der Waals surface area contributed by atoms with Gasteiger partial charge in [0.05, 0.1) is 11.0 Å². The van der Waals surface area contributed by atoms with Crippen LogP contribution in [0.2, 0.25) is 0 Å². The summed E-state index contributed by atoms with van der Waals surface area (Å²) in [6, 6.07) is 8.38. The topological polar surface area (TPSA) is 68.3 Å². The Morgan fingerprint density at radius 3 is 2.58 bits per heavy atom. The van der Waals surface area contributed by atoms with Crippen molar-refractivity contribution in [2.24, 2.45) is 0 Å². The molecule has 0 amide bonds. The van der Waals surface area contributed by atoms with E-state index in [2.05, 4.69) is 0 Å². The molecule has 1 aromatic heterocycles. The third-order valence-electron chi connectivity index (χ3n) is 3.06. The Hall–Kier alpha value is -2.14. The lowest BCUT2D eigenvalue weighted by Crippen LogP contribution is -1.98. The molecule has 0 aliphatic heterocycles. The summed E-state index contributed by atoms with van der Waals surface area (Å²) in [5, 5.41) is 20.3. The Kier molecular flexibility index (Phi) is 3.97. The molecule has 2 aromatic rings. The van der Waals surface area contributed by atoms with Crippen LogP contribution in [-0.2, 0) is 6.54 Å². The number of non-ortho nitro benzene ring substituents is 1. The van der Waals surface area contributed by atoms with Crippen LogP contribution in [0.15, 0.2) is 42.7 Å². The first-order chi connectivity index (χ1) is 9.10. The first-order valence-electron chi connectivity index (χ1n) is 6.17. The van der Waals surface area contributed by atoms with Crippen LogP contribution in [0.25, 0.3) is 0 Å². The second-order valence-corrected chi connectivity index (χ2v) is 4.46. The molecule has 1 aromatic carbocycles. The maximum absolute atomic E-state index is 10.6. The monoisotopic (exact) mass is 260 g/mol. The molecule has 1 heterocycles. The Morgan fingerprint density at radius 2 is 2.00 bits per heavy atom. The zero-order valence-corrected chi connectivity index (χ0v) is 10.7. The number of nitro groups is 1. The van der Waals surface area contributed by atoms with Crippen molar-refractivity contribution in [3.63, 3.8) is 0 Å². The summed E-state index contributed by atoms with van der Waals surface area (Å²) < 4.78 is 1.95. The van der Waals surface area contributed by atoms with Gasteiger partial charge in [-0.05, 0) is 23.6 Å². The molecule has 1 unspecified atom stereocenters. The minimum atomic E-state index is -0.432. The highest BCUT2D eigenvalue weighted by Crippen LogP contribution is 2.18. The number of hydrogen-bond donors (Lipinski definition) is 1. The van der Waals surface area contributed by atoms with E-state index in [-0.39, 0.29) is 5.69 Å². The van der Waals surface area contributed by atoms with Gasteiger partial charge in [-0.15, -0.1) is 0 Å². The van der Waals surface area contributed by atoms with Crippen molar-refractivity contribution < 1.29 is 10.0 Å². The molecule has 0 spiro atoms. The van der Waals surface area contributed by atoms with Crippen LogP contribution >= 0.6 is 0 Å². The quantitative estimate of drug-likeness (QED) is 0.664. The molecule has 5 heteroatoms. The zero-order valence-electron chi connectivity index (χ0n) is 10.7. The Morgan fingerprint density at radius 1 is 1.32 bits per heavy atom. The predicted octanol–water partition coefficient (Wildman–Crippen LogP) is 2.89. The van der Waals surface area contributed by atoms with Crippen molar-refractivity contribution in [1.29, 1.82) is 0 Å². The smallest absolute Gasteiger partial charge is 0.269 e. The van der Waals surface area contributed by atoms with E-state index in [1.807, 2.05) is 30.0 Å². The second-order valence-electron chi connectivity index (χ2n) is 4.46. The molecular formula is C14H16N2O3. The van der Waals surface area contributed by atoms with Crippen molar-refractivity contribution in [1.82, 2.24) is 4.57 Å². The van der Waals surface area contributed by atoms with E-state index in [0.717, 1.165) is 11.1 Å². The molecule has 0 saturated heterocycles. The van der Waals surface area contributed by atoms with E-state index < -0.39 is 11.0 Å². The highest BCUT2D eigenvalue weighted by Gasteiger charge is 2.07. The van der Waals surface area contributed by atoms with E-state index in [4.69, 9.17) is 0 Å². The van der Waals surface area contributed by atoms with Crippen LogP contribution in [0.3, 0.4) is 0 Å². The number of rotatable bonds is 5. The molecule has 0 fully saturated rings. The minimum Gasteiger partial charge on any atom is -0.388 e. The number of aliphatic hydroxyl groups excluding tert-OH is 1. The van der Waals surface area contributed by atoms with Gasteiger partial charge in [0.2, 0.25) is 0 Å². The third kappa shape index (κ3) is 3.20. The van der Waals surface area contributed by atoms with Crippen LogP contribution in [0.5, 0.6) is 0 Å². The summed E-state index contributed by atoms with van der Waals surface area (Å²) in [5.74, 6) is 0. The van der Waals surface area contributed by atoms with Crippen LogP contribution in [0, 0.1) is 10.1 Å². The molecular weight excluding hydrogens is 244 g/mol. The number of aromatic nitrogens is 1. The lowest BCUT2D eigenvalue weighted by molar-refractivity contribution is -0.384. The molecule has 0 bridgehead atoms. The van der Waals surface area contributed by atoms with E-state index in [0.29, 0.717) is 13.0 Å². The molecule has 1 N–H and O–H groups in total. The van der Waals surface area contributed by atoms with Crippen molar-refractivity contribution >= 4 is 5.69 Å². The largest absolute Gasteiger partial charge is 0.388 e. The van der Waals surface area contributed by atoms with Gasteiger partial charge in [0, 0.05) is 31.1 Å². The van der Waals surface area contributed by atoms with Gasteiger partial charge in [0.25, 0.3) is 5.69 Å². The van der Waals surface area contributed by atoms with Gasteiger partial charge < -0.3 is 9.67 Å². The second kappa shape index (κ2) is 5.67. The van der Waals surface area contributed by atoms with E-state index in [1.165, 1.54) is 12.1 Å². The molecule has 2 rings (SSSR count). The number of aliphatic hydroxyl groups is 1. The van der Waals surface area contributed by atoms with Gasteiger partial charge in [-0.25, -0.2) is 0 Å². The maximum Gasteiger partial charge on any atom is 0.269 e. The normalized spacial score (nSPS) is 12.3. The number of nitrogens with zero attached hydrogens (tertiary/aromatic N) is 2. The zero-order chi connectivity index (χ0) is 13.8. The molecule has 0 aliphatic carbocycles. The minimum absolute atomic E-state index is 0.0957. The predicted molar refractivity (Wildman–Crippen MR) is 71.9 cm³/mol. The fourth-order valence-corrected chi connectivity index (χ4v) is 1.92. The molecule has 1 atom stereocenters. The fraction of sp³-hybridized carbons (Fsp3) is 0.286. The van der Waals surface area contributed by atoms with Gasteiger partial charge in [-0.1, -0.05) is 19.1 Å². The first kappa shape index (κ1) is 13.3. The summed E-state index contributed by atoms with van der Waals surface area (Å²) in [5.41, 5.74) is 1.97. The van der Waals surface area contributed by atoms with Crippen molar-refractivity contribution in [3.8, 4) is 0 Å². The summed E-state index contributed by atoms with van der Waals surface area (Å²) in [4.78, 5) is 10.1. The number of nitro benzene ring substituents is 1. The molecule has 19 heavy (non-hydrogen) atoms. The van der Waals surface area contributed by atoms with Gasteiger partial charge in [0.15, 0.2) is 0 Å². The van der Waals surface area contributed by atoms with Gasteiger partial charge in [-0.2, -0.15) is 0 Å². The number of hydrogen-bond acceptors (Lipinski definition) is 3. The summed E-state index contributed by atoms with van der Waals surface area (Å²) >= 11 is 0. The summed E-state index contributed by atoms with van der Waals surface area (Å²) in [6.07, 6.45) is 4.05. The van der Waals surface area contributed by atoms with Gasteiger partial charge in [-0.3, -0.25) is 10.1 Å². The van der Waals surface area contributed by atoms with Crippen molar-refractivity contribution in [2.45, 2.75) is 26.0 Å². The SMILES string of the molecule is CCC(O)c1ccn(Cc2ccc([N+](=O)[O-])cc2)c1. The third-order valence-corrected chi connectivity index (χ3v) is 3.06. The van der Waals surface area contributed by atoms with Crippen LogP contribution < -0.4 is 0 Å². The van der Waals surface area contributed by atoms with Gasteiger partial charge in [0.1, 0.15) is 0 Å². The Labute approximate surface area is 111 Å². The fourth-order valence-electron chi connectivity index (χ4n) is 1.92. The highest BCUT2D eigenvalue weighted by atomic mass is 16.6. The van der Waals surface area contributed by atoms with E-state index >= 15 is 0 Å². The lowest BCUT2D eigenvalue weighted by atomic mass is 10.1. The first-order valence-corrected chi connectivity index (χ1v) is 6.17. The van der Waals surface area contributed by atoms with Crippen LogP contribution in [0.4, 0.5) is 5.69 Å². The van der Waals surface area contributed by atoms with Crippen molar-refractivity contribution in [2.75, 3.05) is 0 Å². The van der Waals surface area contributed by atoms with Crippen LogP contribution in [-0.4, -0.2) is 14.6 Å². The highest BCUT2D eigenvalue weighted by molar-refractivity contribution is 5.33. The molecule has 0 saturated carbocycles. The molecule has 5 nitrogen and oxygen atoms in total. The number of benzene rings is 1. The molecule has 100 valence electrons. The molecule has 0 aliphatic rings. The Bertz CT molecular complexity index is 560. The maximum atomic E-state index is 10.6. The average molecular weight is 260 g/mol. The van der Waals surface area contributed by atoms with Gasteiger partial charge >= 0.3 is 0 Å². The van der Waals surface area contributed by atoms with E-state index in [1.54, 1.807) is 12.1 Å². The lowest BCUT2D eigenvalue weighted by Gasteiger charge is -2.05.